The summed E-state index contributed by atoms with van der Waals surface area (Å²) in [5.41, 5.74) is -0.195. The maximum atomic E-state index is 11.2. The summed E-state index contributed by atoms with van der Waals surface area (Å²) < 4.78 is 5.35. The quantitative estimate of drug-likeness (QED) is 0.604. The Balaban J connectivity index is 3.19. The molecule has 0 aromatic carbocycles. The zero-order chi connectivity index (χ0) is 14.4. The molecular weight excluding hydrogens is 248 g/mol. The SMILES string of the molecule is CCCOc1nc(C)nc(NC(C)CC)c1[N+](=O)[O-]. The molecule has 1 atom stereocenters. The molecule has 1 heterocycles. The molecule has 0 aliphatic carbocycles. The summed E-state index contributed by atoms with van der Waals surface area (Å²) in [5, 5.41) is 14.2. The van der Waals surface area contributed by atoms with Crippen molar-refractivity contribution in [3.63, 3.8) is 0 Å². The number of aromatic nitrogens is 2. The standard InChI is InChI=1S/C12H20N4O3/c1-5-7-19-12-10(16(17)18)11(13-8(3)6-2)14-9(4)15-12/h8H,5-7H2,1-4H3,(H,13,14,15). The van der Waals surface area contributed by atoms with Gasteiger partial charge in [0, 0.05) is 6.04 Å². The predicted molar refractivity (Wildman–Crippen MR) is 72.6 cm³/mol. The van der Waals surface area contributed by atoms with Crippen LogP contribution in [0.5, 0.6) is 5.88 Å². The minimum Gasteiger partial charge on any atom is -0.473 e. The second kappa shape index (κ2) is 6.86. The van der Waals surface area contributed by atoms with Gasteiger partial charge in [-0.1, -0.05) is 13.8 Å². The Hall–Kier alpha value is -1.92. The molecule has 7 nitrogen and oxygen atoms in total. The molecule has 0 aliphatic rings. The second-order valence-corrected chi connectivity index (χ2v) is 4.33. The van der Waals surface area contributed by atoms with Crippen molar-refractivity contribution in [1.29, 1.82) is 0 Å². The van der Waals surface area contributed by atoms with Gasteiger partial charge in [0.1, 0.15) is 5.82 Å². The largest absolute Gasteiger partial charge is 0.473 e. The van der Waals surface area contributed by atoms with Gasteiger partial charge >= 0.3 is 5.69 Å². The van der Waals surface area contributed by atoms with E-state index in [-0.39, 0.29) is 23.4 Å². The monoisotopic (exact) mass is 268 g/mol. The molecule has 1 aromatic heterocycles. The second-order valence-electron chi connectivity index (χ2n) is 4.33. The van der Waals surface area contributed by atoms with Crippen LogP contribution in [-0.2, 0) is 0 Å². The topological polar surface area (TPSA) is 90.2 Å². The summed E-state index contributed by atoms with van der Waals surface area (Å²) in [6.45, 7) is 7.93. The Bertz CT molecular complexity index is 451. The van der Waals surface area contributed by atoms with Crippen molar-refractivity contribution in [3.05, 3.63) is 15.9 Å². The third-order valence-corrected chi connectivity index (χ3v) is 2.58. The molecule has 106 valence electrons. The van der Waals surface area contributed by atoms with Crippen LogP contribution in [0, 0.1) is 17.0 Å². The highest BCUT2D eigenvalue weighted by Gasteiger charge is 2.26. The molecule has 1 unspecified atom stereocenters. The number of aryl methyl sites for hydroxylation is 1. The summed E-state index contributed by atoms with van der Waals surface area (Å²) >= 11 is 0. The third kappa shape index (κ3) is 4.04. The minimum absolute atomic E-state index is 0.0325. The molecule has 0 amide bonds. The van der Waals surface area contributed by atoms with Crippen molar-refractivity contribution < 1.29 is 9.66 Å². The summed E-state index contributed by atoms with van der Waals surface area (Å²) in [6.07, 6.45) is 1.60. The Kier molecular flexibility index (Phi) is 5.47. The lowest BCUT2D eigenvalue weighted by Gasteiger charge is -2.14. The number of anilines is 1. The van der Waals surface area contributed by atoms with Gasteiger partial charge in [0.25, 0.3) is 5.88 Å². The molecule has 0 radical (unpaired) electrons. The van der Waals surface area contributed by atoms with E-state index in [1.165, 1.54) is 0 Å². The molecule has 19 heavy (non-hydrogen) atoms. The van der Waals surface area contributed by atoms with Crippen LogP contribution in [0.2, 0.25) is 0 Å². The highest BCUT2D eigenvalue weighted by atomic mass is 16.6. The fourth-order valence-electron chi connectivity index (χ4n) is 1.44. The van der Waals surface area contributed by atoms with Crippen LogP contribution in [-0.4, -0.2) is 27.5 Å². The Morgan fingerprint density at radius 2 is 2.11 bits per heavy atom. The molecule has 1 rings (SSSR count). The van der Waals surface area contributed by atoms with Gasteiger partial charge in [-0.05, 0) is 26.7 Å². The van der Waals surface area contributed by atoms with E-state index >= 15 is 0 Å². The minimum atomic E-state index is -0.505. The lowest BCUT2D eigenvalue weighted by atomic mass is 10.2. The van der Waals surface area contributed by atoms with Crippen molar-refractivity contribution in [2.24, 2.45) is 0 Å². The van der Waals surface area contributed by atoms with Gasteiger partial charge in [0.05, 0.1) is 11.5 Å². The zero-order valence-corrected chi connectivity index (χ0v) is 11.8. The first kappa shape index (κ1) is 15.1. The summed E-state index contributed by atoms with van der Waals surface area (Å²) in [7, 11) is 0. The number of hydrogen-bond acceptors (Lipinski definition) is 6. The number of nitro groups is 1. The molecule has 1 N–H and O–H groups in total. The van der Waals surface area contributed by atoms with E-state index < -0.39 is 4.92 Å². The van der Waals surface area contributed by atoms with Crippen molar-refractivity contribution in [2.75, 3.05) is 11.9 Å². The molecular formula is C12H20N4O3. The maximum absolute atomic E-state index is 11.2. The van der Waals surface area contributed by atoms with E-state index in [0.29, 0.717) is 12.4 Å². The smallest absolute Gasteiger partial charge is 0.372 e. The molecule has 0 aliphatic heterocycles. The lowest BCUT2D eigenvalue weighted by Crippen LogP contribution is -2.17. The van der Waals surface area contributed by atoms with E-state index in [1.54, 1.807) is 6.92 Å². The molecule has 0 fully saturated rings. The lowest BCUT2D eigenvalue weighted by molar-refractivity contribution is -0.385. The van der Waals surface area contributed by atoms with Crippen LogP contribution in [0.15, 0.2) is 0 Å². The van der Waals surface area contributed by atoms with Gasteiger partial charge in [0.2, 0.25) is 5.82 Å². The first-order valence-electron chi connectivity index (χ1n) is 6.41. The van der Waals surface area contributed by atoms with Gasteiger partial charge in [-0.15, -0.1) is 0 Å². The van der Waals surface area contributed by atoms with Gasteiger partial charge in [-0.2, -0.15) is 4.98 Å². The number of nitrogens with zero attached hydrogens (tertiary/aromatic N) is 3. The average molecular weight is 268 g/mol. The average Bonchev–Trinajstić information content (AvgIpc) is 2.35. The Labute approximate surface area is 112 Å². The molecule has 0 spiro atoms. The maximum Gasteiger partial charge on any atom is 0.372 e. The molecule has 7 heteroatoms. The summed E-state index contributed by atoms with van der Waals surface area (Å²) in [4.78, 5) is 18.8. The first-order chi connectivity index (χ1) is 8.99. The van der Waals surface area contributed by atoms with Crippen molar-refractivity contribution in [2.45, 2.75) is 46.6 Å². The van der Waals surface area contributed by atoms with Crippen LogP contribution in [0.3, 0.4) is 0 Å². The van der Waals surface area contributed by atoms with Gasteiger partial charge in [0.15, 0.2) is 0 Å². The Morgan fingerprint density at radius 1 is 1.42 bits per heavy atom. The van der Waals surface area contributed by atoms with Crippen molar-refractivity contribution in [3.8, 4) is 5.88 Å². The number of nitrogens with one attached hydrogen (secondary N) is 1. The fourth-order valence-corrected chi connectivity index (χ4v) is 1.44. The van der Waals surface area contributed by atoms with Crippen LogP contribution in [0.1, 0.15) is 39.4 Å². The summed E-state index contributed by atoms with van der Waals surface area (Å²) in [6, 6.07) is 0.0898. The van der Waals surface area contributed by atoms with Crippen LogP contribution in [0.4, 0.5) is 11.5 Å². The highest BCUT2D eigenvalue weighted by molar-refractivity contribution is 5.62. The van der Waals surface area contributed by atoms with Crippen molar-refractivity contribution >= 4 is 11.5 Å². The Morgan fingerprint density at radius 3 is 2.63 bits per heavy atom. The van der Waals surface area contributed by atoms with E-state index in [0.717, 1.165) is 12.8 Å². The normalized spacial score (nSPS) is 12.0. The van der Waals surface area contributed by atoms with Crippen molar-refractivity contribution in [1.82, 2.24) is 9.97 Å². The van der Waals surface area contributed by atoms with Gasteiger partial charge in [-0.25, -0.2) is 4.98 Å². The van der Waals surface area contributed by atoms with E-state index in [4.69, 9.17) is 4.74 Å². The first-order valence-corrected chi connectivity index (χ1v) is 6.41. The van der Waals surface area contributed by atoms with Crippen LogP contribution >= 0.6 is 0 Å². The molecule has 1 aromatic rings. The van der Waals surface area contributed by atoms with Crippen LogP contribution in [0.25, 0.3) is 0 Å². The van der Waals surface area contributed by atoms with E-state index in [9.17, 15) is 10.1 Å². The zero-order valence-electron chi connectivity index (χ0n) is 11.8. The third-order valence-electron chi connectivity index (χ3n) is 2.58. The number of rotatable bonds is 7. The van der Waals surface area contributed by atoms with Gasteiger partial charge < -0.3 is 10.1 Å². The number of ether oxygens (including phenoxy) is 1. The summed E-state index contributed by atoms with van der Waals surface area (Å²) in [5.74, 6) is 0.700. The van der Waals surface area contributed by atoms with E-state index in [1.807, 2.05) is 20.8 Å². The molecule has 0 saturated heterocycles. The van der Waals surface area contributed by atoms with Crippen LogP contribution < -0.4 is 10.1 Å². The van der Waals surface area contributed by atoms with E-state index in [2.05, 4.69) is 15.3 Å². The number of hydrogen-bond donors (Lipinski definition) is 1. The predicted octanol–water partition coefficient (Wildman–Crippen LogP) is 2.69. The molecule has 0 saturated carbocycles. The highest BCUT2D eigenvalue weighted by Crippen LogP contribution is 2.32. The molecule has 0 bridgehead atoms. The van der Waals surface area contributed by atoms with Gasteiger partial charge in [-0.3, -0.25) is 10.1 Å². The fraction of sp³-hybridized carbons (Fsp3) is 0.667.